The van der Waals surface area contributed by atoms with Gasteiger partial charge in [0.25, 0.3) is 5.91 Å². The Balaban J connectivity index is 1.71. The zero-order chi connectivity index (χ0) is 17.0. The molecule has 3 heterocycles. The third-order valence-corrected chi connectivity index (χ3v) is 5.11. The topological polar surface area (TPSA) is 65.5 Å². The van der Waals surface area contributed by atoms with Crippen molar-refractivity contribution >= 4 is 23.1 Å². The molecular formula is C18H23N3O2S. The standard InChI is InChI=1S/C18H23N3O2S/c1-18(23,14-7-11-24-12-14)13-20-17(22)15-6-5-8-19-16(15)21-9-3-2-4-10-21/h5-8,11-12,23H,2-4,9-10,13H2,1H3,(H,20,22)/t18-/m1/s1. The molecule has 3 rings (SSSR count). The van der Waals surface area contributed by atoms with Crippen molar-refractivity contribution in [2.24, 2.45) is 0 Å². The van der Waals surface area contributed by atoms with Gasteiger partial charge in [0.15, 0.2) is 0 Å². The lowest BCUT2D eigenvalue weighted by atomic mass is 9.99. The van der Waals surface area contributed by atoms with E-state index in [1.165, 1.54) is 17.8 Å². The van der Waals surface area contributed by atoms with Gasteiger partial charge in [0.1, 0.15) is 11.4 Å². The first kappa shape index (κ1) is 16.9. The number of aromatic nitrogens is 1. The summed E-state index contributed by atoms with van der Waals surface area (Å²) in [6, 6.07) is 5.45. The molecule has 6 heteroatoms. The quantitative estimate of drug-likeness (QED) is 0.874. The van der Waals surface area contributed by atoms with Gasteiger partial charge in [-0.25, -0.2) is 4.98 Å². The average molecular weight is 345 g/mol. The van der Waals surface area contributed by atoms with E-state index in [0.29, 0.717) is 5.56 Å². The SMILES string of the molecule is C[C@@](O)(CNC(=O)c1cccnc1N1CCCCC1)c1ccsc1. The third-order valence-electron chi connectivity index (χ3n) is 4.42. The Bertz CT molecular complexity index is 679. The highest BCUT2D eigenvalue weighted by atomic mass is 32.1. The van der Waals surface area contributed by atoms with Gasteiger partial charge in [0.05, 0.1) is 12.1 Å². The van der Waals surface area contributed by atoms with Gasteiger partial charge in [-0.3, -0.25) is 4.79 Å². The molecule has 0 unspecified atom stereocenters. The van der Waals surface area contributed by atoms with E-state index in [4.69, 9.17) is 0 Å². The van der Waals surface area contributed by atoms with E-state index >= 15 is 0 Å². The van der Waals surface area contributed by atoms with Crippen LogP contribution in [0, 0.1) is 0 Å². The van der Waals surface area contributed by atoms with E-state index in [2.05, 4.69) is 15.2 Å². The first-order chi connectivity index (χ1) is 11.6. The van der Waals surface area contributed by atoms with Crippen LogP contribution in [-0.4, -0.2) is 35.6 Å². The van der Waals surface area contributed by atoms with E-state index in [1.807, 2.05) is 16.8 Å². The van der Waals surface area contributed by atoms with Crippen LogP contribution < -0.4 is 10.2 Å². The van der Waals surface area contributed by atoms with Crippen molar-refractivity contribution in [3.05, 3.63) is 46.3 Å². The van der Waals surface area contributed by atoms with Crippen molar-refractivity contribution in [3.8, 4) is 0 Å². The summed E-state index contributed by atoms with van der Waals surface area (Å²) in [6.07, 6.45) is 5.21. The molecule has 0 aromatic carbocycles. The van der Waals surface area contributed by atoms with Crippen LogP contribution in [-0.2, 0) is 5.60 Å². The monoisotopic (exact) mass is 345 g/mol. The summed E-state index contributed by atoms with van der Waals surface area (Å²) in [5, 5.41) is 17.2. The number of nitrogens with zero attached hydrogens (tertiary/aromatic N) is 2. The normalized spacial score (nSPS) is 17.3. The summed E-state index contributed by atoms with van der Waals surface area (Å²) in [5.41, 5.74) is 0.305. The fourth-order valence-corrected chi connectivity index (χ4v) is 3.74. The first-order valence-corrected chi connectivity index (χ1v) is 9.25. The van der Waals surface area contributed by atoms with E-state index in [0.717, 1.165) is 37.3 Å². The second-order valence-corrected chi connectivity index (χ2v) is 7.17. The molecule has 2 aromatic heterocycles. The summed E-state index contributed by atoms with van der Waals surface area (Å²) in [5.74, 6) is 0.545. The van der Waals surface area contributed by atoms with Crippen LogP contribution in [0.15, 0.2) is 35.2 Å². The van der Waals surface area contributed by atoms with Gasteiger partial charge < -0.3 is 15.3 Å². The van der Waals surface area contributed by atoms with Crippen LogP contribution in [0.3, 0.4) is 0 Å². The van der Waals surface area contributed by atoms with Gasteiger partial charge >= 0.3 is 0 Å². The molecule has 1 amide bonds. The minimum absolute atomic E-state index is 0.164. The maximum absolute atomic E-state index is 12.6. The zero-order valence-electron chi connectivity index (χ0n) is 13.9. The molecule has 1 fully saturated rings. The number of amides is 1. The smallest absolute Gasteiger partial charge is 0.255 e. The molecule has 1 aliphatic rings. The van der Waals surface area contributed by atoms with E-state index in [1.54, 1.807) is 25.3 Å². The molecule has 2 N–H and O–H groups in total. The van der Waals surface area contributed by atoms with Crippen molar-refractivity contribution in [1.29, 1.82) is 0 Å². The second-order valence-electron chi connectivity index (χ2n) is 6.39. The van der Waals surface area contributed by atoms with Crippen LogP contribution >= 0.6 is 11.3 Å². The Labute approximate surface area is 146 Å². The highest BCUT2D eigenvalue weighted by molar-refractivity contribution is 7.08. The molecule has 1 saturated heterocycles. The number of carbonyl (C=O) groups excluding carboxylic acids is 1. The number of carbonyl (C=O) groups is 1. The van der Waals surface area contributed by atoms with E-state index in [-0.39, 0.29) is 12.5 Å². The summed E-state index contributed by atoms with van der Waals surface area (Å²) >= 11 is 1.53. The average Bonchev–Trinajstić information content (AvgIpc) is 3.16. The number of nitrogens with one attached hydrogen (secondary N) is 1. The van der Waals surface area contributed by atoms with Crippen LogP contribution in [0.5, 0.6) is 0 Å². The number of anilines is 1. The molecular weight excluding hydrogens is 322 g/mol. The van der Waals surface area contributed by atoms with Gasteiger partial charge in [-0.15, -0.1) is 0 Å². The number of rotatable bonds is 5. The lowest BCUT2D eigenvalue weighted by molar-refractivity contribution is 0.0530. The van der Waals surface area contributed by atoms with Crippen molar-refractivity contribution in [3.63, 3.8) is 0 Å². The molecule has 0 radical (unpaired) electrons. The molecule has 0 aliphatic carbocycles. The highest BCUT2D eigenvalue weighted by Crippen LogP contribution is 2.24. The molecule has 0 spiro atoms. The van der Waals surface area contributed by atoms with Gasteiger partial charge in [0.2, 0.25) is 0 Å². The van der Waals surface area contributed by atoms with Crippen molar-refractivity contribution in [1.82, 2.24) is 10.3 Å². The molecule has 1 aliphatic heterocycles. The lowest BCUT2D eigenvalue weighted by Gasteiger charge is -2.29. The summed E-state index contributed by atoms with van der Waals surface area (Å²) in [7, 11) is 0. The number of pyridine rings is 1. The van der Waals surface area contributed by atoms with Crippen LogP contribution in [0.1, 0.15) is 42.1 Å². The van der Waals surface area contributed by atoms with E-state index < -0.39 is 5.60 Å². The summed E-state index contributed by atoms with van der Waals surface area (Å²) in [4.78, 5) is 19.2. The molecule has 0 saturated carbocycles. The number of hydrogen-bond donors (Lipinski definition) is 2. The molecule has 1 atom stereocenters. The second kappa shape index (κ2) is 7.32. The third kappa shape index (κ3) is 3.76. The lowest BCUT2D eigenvalue weighted by Crippen LogP contribution is -2.39. The molecule has 24 heavy (non-hydrogen) atoms. The van der Waals surface area contributed by atoms with Crippen LogP contribution in [0.4, 0.5) is 5.82 Å². The van der Waals surface area contributed by atoms with Gasteiger partial charge in [-0.05, 0) is 60.7 Å². The number of hydrogen-bond acceptors (Lipinski definition) is 5. The first-order valence-electron chi connectivity index (χ1n) is 8.31. The minimum atomic E-state index is -1.08. The molecule has 0 bridgehead atoms. The zero-order valence-corrected chi connectivity index (χ0v) is 14.7. The number of piperidine rings is 1. The minimum Gasteiger partial charge on any atom is -0.384 e. The fourth-order valence-electron chi connectivity index (χ4n) is 2.95. The van der Waals surface area contributed by atoms with E-state index in [9.17, 15) is 9.90 Å². The Morgan fingerprint density at radius 2 is 2.17 bits per heavy atom. The van der Waals surface area contributed by atoms with Crippen LogP contribution in [0.2, 0.25) is 0 Å². The van der Waals surface area contributed by atoms with Gasteiger partial charge in [-0.1, -0.05) is 0 Å². The van der Waals surface area contributed by atoms with Gasteiger partial charge in [0, 0.05) is 19.3 Å². The molecule has 5 nitrogen and oxygen atoms in total. The largest absolute Gasteiger partial charge is 0.384 e. The van der Waals surface area contributed by atoms with Crippen LogP contribution in [0.25, 0.3) is 0 Å². The van der Waals surface area contributed by atoms with Crippen molar-refractivity contribution in [2.45, 2.75) is 31.8 Å². The Kier molecular flexibility index (Phi) is 5.16. The predicted octanol–water partition coefficient (Wildman–Crippen LogP) is 2.77. The maximum Gasteiger partial charge on any atom is 0.255 e. The summed E-state index contributed by atoms with van der Waals surface area (Å²) in [6.45, 7) is 3.74. The fraction of sp³-hybridized carbons (Fsp3) is 0.444. The molecule has 128 valence electrons. The van der Waals surface area contributed by atoms with Gasteiger partial charge in [-0.2, -0.15) is 11.3 Å². The number of aliphatic hydroxyl groups is 1. The predicted molar refractivity (Wildman–Crippen MR) is 96.5 cm³/mol. The maximum atomic E-state index is 12.6. The summed E-state index contributed by atoms with van der Waals surface area (Å²) < 4.78 is 0. The van der Waals surface area contributed by atoms with Crippen molar-refractivity contribution < 1.29 is 9.90 Å². The Hall–Kier alpha value is -1.92. The highest BCUT2D eigenvalue weighted by Gasteiger charge is 2.26. The number of thiophene rings is 1. The Morgan fingerprint density at radius 3 is 2.88 bits per heavy atom. The molecule has 2 aromatic rings. The Morgan fingerprint density at radius 1 is 1.38 bits per heavy atom. The van der Waals surface area contributed by atoms with Crippen molar-refractivity contribution in [2.75, 3.05) is 24.5 Å².